The van der Waals surface area contributed by atoms with Crippen molar-refractivity contribution in [3.63, 3.8) is 0 Å². The minimum absolute atomic E-state index is 0.00560. The smallest absolute Gasteiger partial charge is 0.151 e. The summed E-state index contributed by atoms with van der Waals surface area (Å²) in [6.07, 6.45) is 1.19. The predicted octanol–water partition coefficient (Wildman–Crippen LogP) is 3.86. The van der Waals surface area contributed by atoms with Gasteiger partial charge in [-0.2, -0.15) is 5.26 Å². The van der Waals surface area contributed by atoms with Gasteiger partial charge < -0.3 is 11.1 Å². The predicted molar refractivity (Wildman–Crippen MR) is 104 cm³/mol. The van der Waals surface area contributed by atoms with E-state index < -0.39 is 23.5 Å². The average Bonchev–Trinajstić information content (AvgIpc) is 3.08. The number of rotatable bonds is 4. The average molecular weight is 409 g/mol. The highest BCUT2D eigenvalue weighted by atomic mass is 19.1. The van der Waals surface area contributed by atoms with E-state index in [-0.39, 0.29) is 34.2 Å². The van der Waals surface area contributed by atoms with Gasteiger partial charge in [-0.05, 0) is 31.2 Å². The first-order valence-electron chi connectivity index (χ1n) is 8.79. The first-order chi connectivity index (χ1) is 14.4. The number of imidazole rings is 1. The van der Waals surface area contributed by atoms with Crippen molar-refractivity contribution >= 4 is 22.7 Å². The third kappa shape index (κ3) is 3.26. The van der Waals surface area contributed by atoms with E-state index in [0.29, 0.717) is 5.52 Å². The van der Waals surface area contributed by atoms with Crippen LogP contribution in [0, 0.1) is 28.8 Å². The molecule has 7 nitrogen and oxygen atoms in total. The van der Waals surface area contributed by atoms with Gasteiger partial charge in [0.15, 0.2) is 5.82 Å². The van der Waals surface area contributed by atoms with E-state index in [4.69, 9.17) is 5.73 Å². The topological polar surface area (TPSA) is 105 Å². The molecule has 2 heterocycles. The van der Waals surface area contributed by atoms with Gasteiger partial charge in [0.05, 0.1) is 17.2 Å². The second-order valence-corrected chi connectivity index (χ2v) is 6.50. The molecule has 1 unspecified atom stereocenters. The highest BCUT2D eigenvalue weighted by Crippen LogP contribution is 2.30. The Morgan fingerprint density at radius 1 is 1.13 bits per heavy atom. The van der Waals surface area contributed by atoms with Crippen LogP contribution in [0.3, 0.4) is 0 Å². The van der Waals surface area contributed by atoms with Crippen LogP contribution in [0.15, 0.2) is 42.7 Å². The molecule has 0 aliphatic rings. The Morgan fingerprint density at radius 3 is 2.57 bits per heavy atom. The van der Waals surface area contributed by atoms with Crippen molar-refractivity contribution in [2.24, 2.45) is 0 Å². The number of nitrogens with one attached hydrogen (secondary N) is 1. The minimum atomic E-state index is -0.787. The van der Waals surface area contributed by atoms with Crippen LogP contribution in [-0.2, 0) is 0 Å². The molecule has 0 aliphatic carbocycles. The maximum atomic E-state index is 14.4. The molecular weight excluding hydrogens is 395 g/mol. The zero-order chi connectivity index (χ0) is 21.4. The van der Waals surface area contributed by atoms with Crippen LogP contribution in [0.4, 0.5) is 24.8 Å². The summed E-state index contributed by atoms with van der Waals surface area (Å²) >= 11 is 0. The molecule has 10 heteroatoms. The number of nitrogens with zero attached hydrogens (tertiary/aromatic N) is 5. The van der Waals surface area contributed by atoms with E-state index in [1.54, 1.807) is 13.0 Å². The number of benzene rings is 2. The van der Waals surface area contributed by atoms with Gasteiger partial charge in [0.2, 0.25) is 0 Å². The molecule has 0 spiro atoms. The molecule has 4 aromatic rings. The molecule has 1 atom stereocenters. The quantitative estimate of drug-likeness (QED) is 0.530. The zero-order valence-electron chi connectivity index (χ0n) is 15.6. The Kier molecular flexibility index (Phi) is 4.71. The van der Waals surface area contributed by atoms with Crippen molar-refractivity contribution < 1.29 is 13.2 Å². The number of nitrogen functional groups attached to an aromatic ring is 1. The highest BCUT2D eigenvalue weighted by molar-refractivity contribution is 5.79. The molecule has 0 saturated carbocycles. The fraction of sp³-hybridized carbons (Fsp3) is 0.100. The molecule has 0 amide bonds. The number of nitriles is 1. The molecule has 0 bridgehead atoms. The van der Waals surface area contributed by atoms with E-state index in [1.165, 1.54) is 23.0 Å². The van der Waals surface area contributed by atoms with Gasteiger partial charge in [-0.15, -0.1) is 0 Å². The maximum Gasteiger partial charge on any atom is 0.151 e. The van der Waals surface area contributed by atoms with Gasteiger partial charge in [-0.3, -0.25) is 4.57 Å². The van der Waals surface area contributed by atoms with Crippen LogP contribution in [0.25, 0.3) is 16.7 Å². The van der Waals surface area contributed by atoms with Gasteiger partial charge in [0.1, 0.15) is 52.6 Å². The summed E-state index contributed by atoms with van der Waals surface area (Å²) in [5, 5.41) is 12.3. The molecule has 150 valence electrons. The Labute approximate surface area is 168 Å². The number of para-hydroxylation sites is 1. The molecule has 30 heavy (non-hydrogen) atoms. The zero-order valence-corrected chi connectivity index (χ0v) is 15.6. The molecular formula is C20H14F3N7. The number of hydrogen-bond acceptors (Lipinski definition) is 6. The van der Waals surface area contributed by atoms with Gasteiger partial charge in [0, 0.05) is 6.07 Å². The van der Waals surface area contributed by atoms with Crippen molar-refractivity contribution in [1.82, 2.24) is 19.5 Å². The molecule has 0 saturated heterocycles. The van der Waals surface area contributed by atoms with E-state index in [1.807, 2.05) is 6.07 Å². The summed E-state index contributed by atoms with van der Waals surface area (Å²) in [7, 11) is 0. The van der Waals surface area contributed by atoms with Gasteiger partial charge in [0.25, 0.3) is 0 Å². The first-order valence-corrected chi connectivity index (χ1v) is 8.79. The number of anilines is 2. The fourth-order valence-corrected chi connectivity index (χ4v) is 3.20. The molecule has 0 radical (unpaired) electrons. The molecule has 4 rings (SSSR count). The molecule has 3 N–H and O–H groups in total. The molecule has 0 aliphatic heterocycles. The van der Waals surface area contributed by atoms with Crippen LogP contribution in [0.2, 0.25) is 0 Å². The fourth-order valence-electron chi connectivity index (χ4n) is 3.20. The monoisotopic (exact) mass is 409 g/mol. The van der Waals surface area contributed by atoms with Crippen molar-refractivity contribution in [2.45, 2.75) is 13.0 Å². The largest absolute Gasteiger partial charge is 0.382 e. The SMILES string of the molecule is CC(Nc1ncnc(N)c1C#N)c1nc2c(F)cccc2n1-c1cc(F)cc(F)c1. The second-order valence-electron chi connectivity index (χ2n) is 6.50. The lowest BCUT2D eigenvalue weighted by molar-refractivity contribution is 0.581. The lowest BCUT2D eigenvalue weighted by Gasteiger charge is -2.18. The number of nitrogens with two attached hydrogens (primary N) is 1. The lowest BCUT2D eigenvalue weighted by atomic mass is 10.2. The highest BCUT2D eigenvalue weighted by Gasteiger charge is 2.22. The van der Waals surface area contributed by atoms with Crippen LogP contribution < -0.4 is 11.1 Å². The summed E-state index contributed by atoms with van der Waals surface area (Å²) in [6, 6.07) is 8.57. The summed E-state index contributed by atoms with van der Waals surface area (Å²) in [6.45, 7) is 1.69. The Bertz CT molecular complexity index is 1290. The van der Waals surface area contributed by atoms with Crippen LogP contribution in [0.5, 0.6) is 0 Å². The van der Waals surface area contributed by atoms with Gasteiger partial charge in [-0.25, -0.2) is 28.1 Å². The van der Waals surface area contributed by atoms with Crippen molar-refractivity contribution in [2.75, 3.05) is 11.1 Å². The van der Waals surface area contributed by atoms with Gasteiger partial charge >= 0.3 is 0 Å². The third-order valence-electron chi connectivity index (χ3n) is 4.50. The maximum absolute atomic E-state index is 14.4. The number of aromatic nitrogens is 4. The van der Waals surface area contributed by atoms with Gasteiger partial charge in [-0.1, -0.05) is 6.07 Å². The number of halogens is 3. The van der Waals surface area contributed by atoms with E-state index in [0.717, 1.165) is 18.2 Å². The molecule has 2 aromatic heterocycles. The first kappa shape index (κ1) is 19.2. The van der Waals surface area contributed by atoms with E-state index in [9.17, 15) is 18.4 Å². The number of fused-ring (bicyclic) bond motifs is 1. The van der Waals surface area contributed by atoms with Crippen LogP contribution in [-0.4, -0.2) is 19.5 Å². The third-order valence-corrected chi connectivity index (χ3v) is 4.50. The molecule has 2 aromatic carbocycles. The van der Waals surface area contributed by atoms with Crippen LogP contribution >= 0.6 is 0 Å². The summed E-state index contributed by atoms with van der Waals surface area (Å²) in [5.74, 6) is -1.76. The summed E-state index contributed by atoms with van der Waals surface area (Å²) in [4.78, 5) is 12.1. The Hall–Kier alpha value is -4.13. The van der Waals surface area contributed by atoms with E-state index >= 15 is 0 Å². The van der Waals surface area contributed by atoms with Crippen molar-refractivity contribution in [1.29, 1.82) is 5.26 Å². The Balaban J connectivity index is 1.90. The standard InChI is InChI=1S/C20H14F3N7/c1-10(28-19-14(8-24)18(25)26-9-27-19)20-29-17-15(23)3-2-4-16(17)30(20)13-6-11(21)5-12(22)7-13/h2-7,9-10H,1H3,(H3,25,26,27,28). The minimum Gasteiger partial charge on any atom is -0.382 e. The molecule has 0 fully saturated rings. The second kappa shape index (κ2) is 7.36. The normalized spacial score (nSPS) is 12.0. The van der Waals surface area contributed by atoms with Crippen molar-refractivity contribution in [3.05, 3.63) is 71.6 Å². The van der Waals surface area contributed by atoms with Crippen LogP contribution in [0.1, 0.15) is 24.4 Å². The number of hydrogen-bond donors (Lipinski definition) is 2. The lowest BCUT2D eigenvalue weighted by Crippen LogP contribution is -2.15. The Morgan fingerprint density at radius 2 is 1.87 bits per heavy atom. The van der Waals surface area contributed by atoms with Crippen molar-refractivity contribution in [3.8, 4) is 11.8 Å². The summed E-state index contributed by atoms with van der Waals surface area (Å²) < 4.78 is 43.6. The summed E-state index contributed by atoms with van der Waals surface area (Å²) in [5.41, 5.74) is 6.24. The van der Waals surface area contributed by atoms with E-state index in [2.05, 4.69) is 20.3 Å².